The lowest BCUT2D eigenvalue weighted by Gasteiger charge is -2.17. The Kier molecular flexibility index (Phi) is 7.90. The van der Waals surface area contributed by atoms with E-state index in [1.165, 1.54) is 16.4 Å². The molecule has 0 aliphatic carbocycles. The van der Waals surface area contributed by atoms with Crippen LogP contribution in [0.3, 0.4) is 0 Å². The minimum atomic E-state index is -3.66. The quantitative estimate of drug-likeness (QED) is 0.327. The molecule has 0 fully saturated rings. The molecule has 6 nitrogen and oxygen atoms in total. The molecule has 0 unspecified atom stereocenters. The third-order valence-electron chi connectivity index (χ3n) is 5.55. The molecule has 0 aromatic heterocycles. The first-order valence-corrected chi connectivity index (χ1v) is 13.1. The van der Waals surface area contributed by atoms with E-state index in [0.29, 0.717) is 11.3 Å². The fourth-order valence-corrected chi connectivity index (χ4v) is 4.97. The Morgan fingerprint density at radius 2 is 1.33 bits per heavy atom. The normalized spacial score (nSPS) is 11.2. The summed E-state index contributed by atoms with van der Waals surface area (Å²) in [7, 11) is -2.11. The fourth-order valence-electron chi connectivity index (χ4n) is 3.60. The van der Waals surface area contributed by atoms with Crippen LogP contribution in [0.15, 0.2) is 114 Å². The summed E-state index contributed by atoms with van der Waals surface area (Å²) in [5.74, 6) is -0.339. The van der Waals surface area contributed by atoms with Crippen molar-refractivity contribution in [2.45, 2.75) is 11.4 Å². The second-order valence-electron chi connectivity index (χ2n) is 8.12. The molecule has 8 heteroatoms. The molecule has 182 valence electrons. The number of thiocarbonyl (C=S) groups is 1. The molecule has 0 bridgehead atoms. The molecule has 0 atom stereocenters. The molecule has 1 amide bonds. The van der Waals surface area contributed by atoms with E-state index in [0.717, 1.165) is 16.7 Å². The zero-order chi connectivity index (χ0) is 25.5. The zero-order valence-corrected chi connectivity index (χ0v) is 21.2. The first-order chi connectivity index (χ1) is 17.3. The lowest BCUT2D eigenvalue weighted by Crippen LogP contribution is -2.34. The van der Waals surface area contributed by atoms with E-state index in [1.807, 2.05) is 72.8 Å². The summed E-state index contributed by atoms with van der Waals surface area (Å²) in [6.45, 7) is 0.269. The highest BCUT2D eigenvalue weighted by Crippen LogP contribution is 2.20. The van der Waals surface area contributed by atoms with Crippen molar-refractivity contribution < 1.29 is 13.2 Å². The van der Waals surface area contributed by atoms with Crippen LogP contribution >= 0.6 is 12.2 Å². The smallest absolute Gasteiger partial charge is 0.257 e. The second-order valence-corrected chi connectivity index (χ2v) is 10.6. The molecule has 0 radical (unpaired) electrons. The minimum Gasteiger partial charge on any atom is -0.332 e. The van der Waals surface area contributed by atoms with Gasteiger partial charge in [0.05, 0.1) is 4.90 Å². The molecule has 0 spiro atoms. The van der Waals surface area contributed by atoms with Gasteiger partial charge in [0, 0.05) is 24.8 Å². The number of rotatable bonds is 7. The monoisotopic (exact) mass is 515 g/mol. The number of hydrogen-bond donors (Lipinski definition) is 2. The van der Waals surface area contributed by atoms with Crippen molar-refractivity contribution in [2.75, 3.05) is 12.4 Å². The molecule has 0 heterocycles. The molecule has 0 saturated heterocycles. The Bertz CT molecular complexity index is 1440. The van der Waals surface area contributed by atoms with Crippen molar-refractivity contribution in [1.29, 1.82) is 0 Å². The molecule has 4 rings (SSSR count). The van der Waals surface area contributed by atoms with Crippen LogP contribution < -0.4 is 10.6 Å². The van der Waals surface area contributed by atoms with E-state index in [4.69, 9.17) is 12.2 Å². The Morgan fingerprint density at radius 1 is 0.778 bits per heavy atom. The van der Waals surface area contributed by atoms with Crippen LogP contribution in [0.4, 0.5) is 5.69 Å². The highest BCUT2D eigenvalue weighted by molar-refractivity contribution is 7.89. The number of anilines is 1. The summed E-state index contributed by atoms with van der Waals surface area (Å²) < 4.78 is 27.1. The number of benzene rings is 4. The highest BCUT2D eigenvalue weighted by Gasteiger charge is 2.21. The maximum atomic E-state index is 12.9. The average molecular weight is 516 g/mol. The van der Waals surface area contributed by atoms with Crippen molar-refractivity contribution in [1.82, 2.24) is 9.62 Å². The van der Waals surface area contributed by atoms with Crippen molar-refractivity contribution in [3.63, 3.8) is 0 Å². The topological polar surface area (TPSA) is 78.5 Å². The lowest BCUT2D eigenvalue weighted by molar-refractivity contribution is 0.0977. The van der Waals surface area contributed by atoms with Gasteiger partial charge < -0.3 is 5.32 Å². The van der Waals surface area contributed by atoms with Crippen LogP contribution in [0.25, 0.3) is 11.1 Å². The van der Waals surface area contributed by atoms with Gasteiger partial charge in [-0.15, -0.1) is 0 Å². The van der Waals surface area contributed by atoms with Crippen molar-refractivity contribution >= 4 is 38.9 Å². The molecular weight excluding hydrogens is 490 g/mol. The number of nitrogens with one attached hydrogen (secondary N) is 2. The number of nitrogens with zero attached hydrogens (tertiary/aromatic N) is 1. The van der Waals surface area contributed by atoms with E-state index in [1.54, 1.807) is 31.3 Å². The average Bonchev–Trinajstić information content (AvgIpc) is 2.90. The summed E-state index contributed by atoms with van der Waals surface area (Å²) in [6, 6.07) is 32.8. The van der Waals surface area contributed by atoms with Gasteiger partial charge in [-0.1, -0.05) is 72.8 Å². The van der Waals surface area contributed by atoms with Gasteiger partial charge in [-0.3, -0.25) is 10.1 Å². The largest absolute Gasteiger partial charge is 0.332 e. The van der Waals surface area contributed by atoms with Crippen LogP contribution in [0.2, 0.25) is 0 Å². The predicted molar refractivity (Wildman–Crippen MR) is 147 cm³/mol. The van der Waals surface area contributed by atoms with E-state index in [-0.39, 0.29) is 22.5 Å². The van der Waals surface area contributed by atoms with Gasteiger partial charge in [-0.2, -0.15) is 4.31 Å². The minimum absolute atomic E-state index is 0.115. The third-order valence-corrected chi connectivity index (χ3v) is 7.57. The summed E-state index contributed by atoms with van der Waals surface area (Å²) in [6.07, 6.45) is 0. The zero-order valence-electron chi connectivity index (χ0n) is 19.6. The highest BCUT2D eigenvalue weighted by atomic mass is 32.2. The maximum absolute atomic E-state index is 12.9. The number of sulfonamides is 1. The Hall–Kier alpha value is -3.85. The van der Waals surface area contributed by atoms with Gasteiger partial charge in [0.1, 0.15) is 0 Å². The van der Waals surface area contributed by atoms with Gasteiger partial charge in [0.15, 0.2) is 5.11 Å². The number of hydrogen-bond acceptors (Lipinski definition) is 4. The first kappa shape index (κ1) is 25.2. The Labute approximate surface area is 216 Å². The van der Waals surface area contributed by atoms with E-state index in [9.17, 15) is 13.2 Å². The van der Waals surface area contributed by atoms with E-state index in [2.05, 4.69) is 10.6 Å². The fraction of sp³-hybridized carbons (Fsp3) is 0.0714. The summed E-state index contributed by atoms with van der Waals surface area (Å²) in [5.41, 5.74) is 4.01. The Morgan fingerprint density at radius 3 is 1.94 bits per heavy atom. The summed E-state index contributed by atoms with van der Waals surface area (Å²) >= 11 is 5.27. The van der Waals surface area contributed by atoms with Crippen molar-refractivity contribution in [3.8, 4) is 11.1 Å². The molecule has 4 aromatic rings. The van der Waals surface area contributed by atoms with E-state index < -0.39 is 10.0 Å². The maximum Gasteiger partial charge on any atom is 0.257 e. The van der Waals surface area contributed by atoms with Gasteiger partial charge >= 0.3 is 0 Å². The first-order valence-electron chi connectivity index (χ1n) is 11.2. The van der Waals surface area contributed by atoms with Crippen molar-refractivity contribution in [3.05, 3.63) is 120 Å². The molecule has 4 aromatic carbocycles. The number of carbonyl (C=O) groups is 1. The third kappa shape index (κ3) is 6.23. The van der Waals surface area contributed by atoms with Gasteiger partial charge in [0.25, 0.3) is 5.91 Å². The van der Waals surface area contributed by atoms with Crippen LogP contribution in [0.1, 0.15) is 15.9 Å². The van der Waals surface area contributed by atoms with Gasteiger partial charge in [0.2, 0.25) is 10.0 Å². The van der Waals surface area contributed by atoms with Crippen LogP contribution in [0, 0.1) is 0 Å². The van der Waals surface area contributed by atoms with Crippen LogP contribution in [-0.4, -0.2) is 30.8 Å². The van der Waals surface area contributed by atoms with Gasteiger partial charge in [-0.25, -0.2) is 8.42 Å². The molecule has 0 saturated carbocycles. The number of amides is 1. The second kappa shape index (κ2) is 11.3. The van der Waals surface area contributed by atoms with Gasteiger partial charge in [-0.05, 0) is 65.3 Å². The summed E-state index contributed by atoms with van der Waals surface area (Å²) in [4.78, 5) is 12.7. The molecule has 0 aliphatic heterocycles. The Balaban J connectivity index is 1.34. The number of carbonyl (C=O) groups excluding carboxylic acids is 1. The lowest BCUT2D eigenvalue weighted by atomic mass is 10.0. The molecule has 2 N–H and O–H groups in total. The van der Waals surface area contributed by atoms with E-state index >= 15 is 0 Å². The van der Waals surface area contributed by atoms with Crippen LogP contribution in [-0.2, 0) is 16.6 Å². The molecular formula is C28H25N3O3S2. The standard InChI is InChI=1S/C28H25N3O3S2/c1-31(20-21-8-4-2-5-9-21)36(33,34)26-18-16-25(17-19-26)29-28(35)30-27(32)24-14-12-23(13-15-24)22-10-6-3-7-11-22/h2-19H,20H2,1H3,(H2,29,30,32,35). The molecule has 36 heavy (non-hydrogen) atoms. The summed E-state index contributed by atoms with van der Waals surface area (Å²) in [5, 5.41) is 5.68. The molecule has 0 aliphatic rings. The SMILES string of the molecule is CN(Cc1ccccc1)S(=O)(=O)c1ccc(NC(=S)NC(=O)c2ccc(-c3ccccc3)cc2)cc1. The van der Waals surface area contributed by atoms with Crippen LogP contribution in [0.5, 0.6) is 0 Å². The predicted octanol–water partition coefficient (Wildman–Crippen LogP) is 5.30. The van der Waals surface area contributed by atoms with Crippen molar-refractivity contribution in [2.24, 2.45) is 0 Å².